The van der Waals surface area contributed by atoms with Gasteiger partial charge >= 0.3 is 5.69 Å². The molecule has 0 amide bonds. The minimum absolute atomic E-state index is 0.0416. The van der Waals surface area contributed by atoms with E-state index in [1.165, 1.54) is 4.57 Å². The number of allylic oxidation sites excluding steroid dienone is 1. The molecule has 0 spiro atoms. The molecule has 0 radical (unpaired) electrons. The van der Waals surface area contributed by atoms with Crippen LogP contribution in [0, 0.1) is 6.92 Å². The van der Waals surface area contributed by atoms with Crippen LogP contribution in [0.2, 0.25) is 18.1 Å². The fourth-order valence-electron chi connectivity index (χ4n) is 6.86. The number of aromatic amines is 1. The number of ether oxygens (including phenoxy) is 4. The molecule has 0 unspecified atom stereocenters. The molecule has 5 rings (SSSR count). The first kappa shape index (κ1) is 41.9. The second-order valence-corrected chi connectivity index (χ2v) is 20.6. The Morgan fingerprint density at radius 3 is 2.02 bits per heavy atom. The number of aliphatic hydroxyl groups is 1. The third kappa shape index (κ3) is 9.24. The van der Waals surface area contributed by atoms with Gasteiger partial charge in [-0.3, -0.25) is 14.3 Å². The summed E-state index contributed by atoms with van der Waals surface area (Å²) in [5.41, 5.74) is -0.245. The summed E-state index contributed by atoms with van der Waals surface area (Å²) < 4.78 is 34.5. The second kappa shape index (κ2) is 17.7. The molecule has 2 N–H and O–H groups in total. The van der Waals surface area contributed by atoms with Gasteiger partial charge in [0.25, 0.3) is 5.56 Å². The highest BCUT2D eigenvalue weighted by Gasteiger charge is 2.54. The van der Waals surface area contributed by atoms with E-state index >= 15 is 0 Å². The number of nitrogens with one attached hydrogen (secondary N) is 1. The molecule has 0 aliphatic carbocycles. The maximum absolute atomic E-state index is 13.4. The van der Waals surface area contributed by atoms with Gasteiger partial charge in [-0.15, -0.1) is 0 Å². The van der Waals surface area contributed by atoms with Gasteiger partial charge < -0.3 is 28.5 Å². The standard InChI is InChI=1S/C44H58N2O8Si/c1-32-30-46(41(49)45-40(32)48)39-29-38(54-55(7,8)42(2,3)4)43(53-39,27-15-10-9-11-16-28-47)31-52-44(33-17-13-12-14-18-33,34-19-23-36(50-5)24-20-34)35-21-25-37(51-6)26-22-35/h12-15,17-27,30,38-39,47H,9-11,16,28-29,31H2,1-8H3,(H,45,48,49)/b27-15+/t38-,39+,43+/m0/s1. The average Bonchev–Trinajstić information content (AvgIpc) is 3.51. The lowest BCUT2D eigenvalue weighted by molar-refractivity contribution is -0.134. The first-order valence-corrected chi connectivity index (χ1v) is 22.1. The molecule has 0 bridgehead atoms. The van der Waals surface area contributed by atoms with Crippen LogP contribution in [0.1, 0.15) is 81.4 Å². The molecule has 1 fully saturated rings. The third-order valence-corrected chi connectivity index (χ3v) is 15.6. The zero-order valence-corrected chi connectivity index (χ0v) is 34.6. The Labute approximate surface area is 326 Å². The number of hydrogen-bond donors (Lipinski definition) is 2. The Hall–Kier alpha value is -4.26. The fourth-order valence-corrected chi connectivity index (χ4v) is 8.22. The van der Waals surface area contributed by atoms with Gasteiger partial charge in [-0.1, -0.05) is 93.9 Å². The molecule has 0 saturated carbocycles. The lowest BCUT2D eigenvalue weighted by Gasteiger charge is -2.44. The Bertz CT molecular complexity index is 1940. The normalized spacial score (nSPS) is 19.2. The molecular formula is C44H58N2O8Si. The van der Waals surface area contributed by atoms with Crippen LogP contribution in [0.5, 0.6) is 11.5 Å². The lowest BCUT2D eigenvalue weighted by atomic mass is 9.79. The van der Waals surface area contributed by atoms with Gasteiger partial charge in [0.1, 0.15) is 28.9 Å². The molecule has 55 heavy (non-hydrogen) atoms. The van der Waals surface area contributed by atoms with E-state index in [0.717, 1.165) is 42.4 Å². The number of nitrogens with zero attached hydrogens (tertiary/aromatic N) is 1. The summed E-state index contributed by atoms with van der Waals surface area (Å²) in [5.74, 6) is 1.43. The highest BCUT2D eigenvalue weighted by atomic mass is 28.4. The maximum Gasteiger partial charge on any atom is 0.330 e. The summed E-state index contributed by atoms with van der Waals surface area (Å²) in [6.07, 6.45) is 8.05. The van der Waals surface area contributed by atoms with Crippen LogP contribution in [0.4, 0.5) is 0 Å². The van der Waals surface area contributed by atoms with Crippen molar-refractivity contribution >= 4 is 8.32 Å². The molecule has 1 aliphatic heterocycles. The predicted molar refractivity (Wildman–Crippen MR) is 219 cm³/mol. The SMILES string of the molecule is COc1ccc(C(OC[C@@]2(/C=C/CCCCCO)O[C@@H](n3cc(C)c(=O)[nH]c3=O)C[C@@H]2O[Si](C)(C)C(C)(C)C)(c2ccccc2)c2ccc(OC)cc2)cc1. The highest BCUT2D eigenvalue weighted by Crippen LogP contribution is 2.48. The van der Waals surface area contributed by atoms with Gasteiger partial charge in [0, 0.05) is 24.8 Å². The molecule has 296 valence electrons. The zero-order valence-electron chi connectivity index (χ0n) is 33.6. The topological polar surface area (TPSA) is 121 Å². The molecule has 1 aromatic heterocycles. The second-order valence-electron chi connectivity index (χ2n) is 15.9. The van der Waals surface area contributed by atoms with Gasteiger partial charge in [0.2, 0.25) is 0 Å². The van der Waals surface area contributed by atoms with E-state index in [1.54, 1.807) is 27.3 Å². The summed E-state index contributed by atoms with van der Waals surface area (Å²) in [7, 11) is 0.842. The summed E-state index contributed by atoms with van der Waals surface area (Å²) in [5, 5.41) is 9.27. The number of methoxy groups -OCH3 is 2. The summed E-state index contributed by atoms with van der Waals surface area (Å²) in [6.45, 7) is 12.9. The van der Waals surface area contributed by atoms with Crippen LogP contribution in [0.3, 0.4) is 0 Å². The van der Waals surface area contributed by atoms with Crippen LogP contribution in [0.25, 0.3) is 0 Å². The van der Waals surface area contributed by atoms with Crippen molar-refractivity contribution in [2.24, 2.45) is 0 Å². The van der Waals surface area contributed by atoms with Crippen LogP contribution < -0.4 is 20.7 Å². The van der Waals surface area contributed by atoms with E-state index in [-0.39, 0.29) is 18.3 Å². The van der Waals surface area contributed by atoms with E-state index in [4.69, 9.17) is 23.4 Å². The highest BCUT2D eigenvalue weighted by molar-refractivity contribution is 6.74. The number of aryl methyl sites for hydroxylation is 1. The van der Waals surface area contributed by atoms with Crippen molar-refractivity contribution in [3.05, 3.63) is 140 Å². The zero-order chi connectivity index (χ0) is 39.9. The molecule has 1 saturated heterocycles. The number of rotatable bonds is 17. The van der Waals surface area contributed by atoms with Crippen molar-refractivity contribution in [1.29, 1.82) is 0 Å². The molecule has 3 aromatic carbocycles. The summed E-state index contributed by atoms with van der Waals surface area (Å²) >= 11 is 0. The molecule has 11 heteroatoms. The van der Waals surface area contributed by atoms with Crippen molar-refractivity contribution in [3.63, 3.8) is 0 Å². The molecule has 4 aromatic rings. The minimum atomic E-state index is -2.45. The Kier molecular flexibility index (Phi) is 13.5. The smallest absolute Gasteiger partial charge is 0.330 e. The van der Waals surface area contributed by atoms with Gasteiger partial charge in [-0.2, -0.15) is 0 Å². The van der Waals surface area contributed by atoms with Crippen LogP contribution >= 0.6 is 0 Å². The lowest BCUT2D eigenvalue weighted by Crippen LogP contribution is -2.53. The largest absolute Gasteiger partial charge is 0.497 e. The molecule has 1 aliphatic rings. The average molecular weight is 771 g/mol. The molecule has 10 nitrogen and oxygen atoms in total. The number of aliphatic hydroxyl groups excluding tert-OH is 1. The van der Waals surface area contributed by atoms with E-state index < -0.39 is 43.1 Å². The van der Waals surface area contributed by atoms with E-state index in [1.807, 2.05) is 66.7 Å². The predicted octanol–water partition coefficient (Wildman–Crippen LogP) is 8.03. The number of unbranched alkanes of at least 4 members (excludes halogenated alkanes) is 3. The maximum atomic E-state index is 13.4. The first-order chi connectivity index (χ1) is 26.2. The van der Waals surface area contributed by atoms with Gasteiger partial charge in [0.05, 0.1) is 26.9 Å². The number of hydrogen-bond acceptors (Lipinski definition) is 8. The van der Waals surface area contributed by atoms with E-state index in [2.05, 4.69) is 63.1 Å². The molecule has 2 heterocycles. The van der Waals surface area contributed by atoms with Crippen LogP contribution in [-0.2, 0) is 19.5 Å². The van der Waals surface area contributed by atoms with Crippen molar-refractivity contribution in [2.75, 3.05) is 27.4 Å². The number of aromatic nitrogens is 2. The van der Waals surface area contributed by atoms with Crippen molar-refractivity contribution in [1.82, 2.24) is 9.55 Å². The Balaban J connectivity index is 1.72. The van der Waals surface area contributed by atoms with Crippen LogP contribution in [0.15, 0.2) is 107 Å². The van der Waals surface area contributed by atoms with Gasteiger partial charge in [-0.25, -0.2) is 4.79 Å². The third-order valence-electron chi connectivity index (χ3n) is 11.1. The van der Waals surface area contributed by atoms with Gasteiger partial charge in [0.15, 0.2) is 8.32 Å². The minimum Gasteiger partial charge on any atom is -0.497 e. The Morgan fingerprint density at radius 2 is 1.47 bits per heavy atom. The monoisotopic (exact) mass is 770 g/mol. The summed E-state index contributed by atoms with van der Waals surface area (Å²) in [4.78, 5) is 28.3. The van der Waals surface area contributed by atoms with E-state index in [0.29, 0.717) is 23.5 Å². The molecule has 3 atom stereocenters. The first-order valence-electron chi connectivity index (χ1n) is 19.1. The number of benzene rings is 3. The number of H-pyrrole nitrogens is 1. The summed E-state index contributed by atoms with van der Waals surface area (Å²) in [6, 6.07) is 25.9. The van der Waals surface area contributed by atoms with Crippen molar-refractivity contribution < 1.29 is 28.5 Å². The van der Waals surface area contributed by atoms with Crippen LogP contribution in [-0.4, -0.2) is 62.1 Å². The van der Waals surface area contributed by atoms with Crippen molar-refractivity contribution in [2.45, 2.75) is 101 Å². The van der Waals surface area contributed by atoms with Gasteiger partial charge in [-0.05, 0) is 85.3 Å². The quantitative estimate of drug-likeness (QED) is 0.0480. The van der Waals surface area contributed by atoms with E-state index in [9.17, 15) is 14.7 Å². The molecular weight excluding hydrogens is 713 g/mol. The Morgan fingerprint density at radius 1 is 0.891 bits per heavy atom. The van der Waals surface area contributed by atoms with Crippen molar-refractivity contribution in [3.8, 4) is 11.5 Å². The fraction of sp³-hybridized carbons (Fsp3) is 0.455.